The molecule has 2 aromatic carbocycles. The second-order valence-corrected chi connectivity index (χ2v) is 5.60. The zero-order chi connectivity index (χ0) is 17.6. The molecule has 2 heterocycles. The van der Waals surface area contributed by atoms with E-state index < -0.39 is 11.3 Å². The fourth-order valence-corrected chi connectivity index (χ4v) is 2.83. The number of hydrogen-bond acceptors (Lipinski definition) is 6. The van der Waals surface area contributed by atoms with Crippen LogP contribution in [0.2, 0.25) is 0 Å². The van der Waals surface area contributed by atoms with Crippen LogP contribution in [0.4, 0.5) is 0 Å². The summed E-state index contributed by atoms with van der Waals surface area (Å²) in [5.41, 5.74) is -1.30. The molecule has 0 saturated heterocycles. The molecule has 0 aliphatic carbocycles. The number of fused-ring (bicyclic) bond motifs is 2. The van der Waals surface area contributed by atoms with Crippen LogP contribution in [0.25, 0.3) is 21.9 Å². The summed E-state index contributed by atoms with van der Waals surface area (Å²) in [5, 5.41) is 21.5. The van der Waals surface area contributed by atoms with Gasteiger partial charge >= 0.3 is 40.8 Å². The molecule has 0 saturated carbocycles. The molecule has 6 nitrogen and oxygen atoms in total. The van der Waals surface area contributed by atoms with Crippen molar-refractivity contribution in [2.75, 3.05) is 0 Å². The summed E-state index contributed by atoms with van der Waals surface area (Å²) in [7, 11) is 0. The Morgan fingerprint density at radius 1 is 0.731 bits per heavy atom. The molecule has 0 amide bonds. The minimum absolute atomic E-state index is 0. The predicted molar refractivity (Wildman–Crippen MR) is 92.2 cm³/mol. The number of aromatic hydroxyl groups is 2. The molecule has 2 aromatic heterocycles. The van der Waals surface area contributed by atoms with Gasteiger partial charge < -0.3 is 20.5 Å². The maximum absolute atomic E-state index is 12.2. The fourth-order valence-electron chi connectivity index (χ4n) is 2.83. The first-order chi connectivity index (χ1) is 12.1. The molecule has 0 spiro atoms. The van der Waals surface area contributed by atoms with E-state index in [4.69, 9.17) is 8.83 Å². The van der Waals surface area contributed by atoms with Gasteiger partial charge in [-0.15, -0.1) is 0 Å². The van der Waals surface area contributed by atoms with Crippen LogP contribution in [0.15, 0.2) is 67.0 Å². The standard InChI is InChI=1S/C19H12O6.Na.H/c20-16-10-5-1-3-7-14(10)24-18(22)12(16)9-13-17(21)11-6-2-4-8-15(11)25-19(13)23;;/h1-8,20-21H,9H2;;/q;+1;-1. The molecule has 7 heteroatoms. The Kier molecular flexibility index (Phi) is 4.91. The summed E-state index contributed by atoms with van der Waals surface area (Å²) in [6.07, 6.45) is -0.308. The van der Waals surface area contributed by atoms with Gasteiger partial charge in [0.15, 0.2) is 0 Å². The first kappa shape index (κ1) is 18.3. The van der Waals surface area contributed by atoms with E-state index >= 15 is 0 Å². The van der Waals surface area contributed by atoms with Gasteiger partial charge in [0.2, 0.25) is 0 Å². The second-order valence-electron chi connectivity index (χ2n) is 5.60. The maximum Gasteiger partial charge on any atom is 1.00 e. The Morgan fingerprint density at radius 2 is 1.12 bits per heavy atom. The monoisotopic (exact) mass is 360 g/mol. The molecule has 0 radical (unpaired) electrons. The smallest absolute Gasteiger partial charge is 1.00 e. The Hall–Kier alpha value is -2.54. The molecule has 0 atom stereocenters. The van der Waals surface area contributed by atoms with Gasteiger partial charge in [0.1, 0.15) is 22.7 Å². The van der Waals surface area contributed by atoms with Crippen LogP contribution >= 0.6 is 0 Å². The molecule has 4 aromatic rings. The van der Waals surface area contributed by atoms with E-state index in [1.165, 1.54) is 0 Å². The normalized spacial score (nSPS) is 10.8. The molecule has 26 heavy (non-hydrogen) atoms. The van der Waals surface area contributed by atoms with E-state index in [0.29, 0.717) is 10.8 Å². The van der Waals surface area contributed by atoms with Crippen LogP contribution in [0, 0.1) is 0 Å². The topological polar surface area (TPSA) is 101 Å². The van der Waals surface area contributed by atoms with Crippen molar-refractivity contribution in [3.63, 3.8) is 0 Å². The molecule has 0 aliphatic heterocycles. The van der Waals surface area contributed by atoms with E-state index in [0.717, 1.165) is 0 Å². The van der Waals surface area contributed by atoms with Crippen molar-refractivity contribution in [3.05, 3.63) is 80.5 Å². The summed E-state index contributed by atoms with van der Waals surface area (Å²) in [6, 6.07) is 13.0. The fraction of sp³-hybridized carbons (Fsp3) is 0.0526. The third-order valence-corrected chi connectivity index (χ3v) is 4.11. The zero-order valence-electron chi connectivity index (χ0n) is 14.9. The van der Waals surface area contributed by atoms with Gasteiger partial charge in [-0.3, -0.25) is 0 Å². The Bertz CT molecular complexity index is 1150. The number of hydrogen-bond donors (Lipinski definition) is 2. The summed E-state index contributed by atoms with van der Waals surface area (Å²) in [6.45, 7) is 0. The van der Waals surface area contributed by atoms with Gasteiger partial charge in [-0.2, -0.15) is 0 Å². The van der Waals surface area contributed by atoms with Crippen molar-refractivity contribution >= 4 is 21.9 Å². The number of rotatable bonds is 2. The molecule has 2 N–H and O–H groups in total. The van der Waals surface area contributed by atoms with Crippen molar-refractivity contribution in [3.8, 4) is 11.5 Å². The SMILES string of the molecule is O=c1oc2ccccc2c(O)c1Cc1c(O)c2ccccc2oc1=O.[H-].[Na+]. The number of benzene rings is 2. The van der Waals surface area contributed by atoms with Gasteiger partial charge in [0, 0.05) is 6.42 Å². The molecule has 0 unspecified atom stereocenters. The van der Waals surface area contributed by atoms with E-state index in [2.05, 4.69) is 0 Å². The maximum atomic E-state index is 12.2. The predicted octanol–water partition coefficient (Wildman–Crippen LogP) is 0.0179. The van der Waals surface area contributed by atoms with E-state index in [1.54, 1.807) is 48.5 Å². The van der Waals surface area contributed by atoms with Crippen molar-refractivity contribution < 1.29 is 50.0 Å². The summed E-state index contributed by atoms with van der Waals surface area (Å²) in [4.78, 5) is 24.4. The molecule has 4 rings (SSSR count). The third kappa shape index (κ3) is 2.92. The van der Waals surface area contributed by atoms with Gasteiger partial charge in [0.25, 0.3) is 0 Å². The zero-order valence-corrected chi connectivity index (χ0v) is 15.9. The first-order valence-corrected chi connectivity index (χ1v) is 7.53. The second kappa shape index (κ2) is 6.99. The third-order valence-electron chi connectivity index (χ3n) is 4.11. The van der Waals surface area contributed by atoms with E-state index in [1.807, 2.05) is 0 Å². The van der Waals surface area contributed by atoms with E-state index in [9.17, 15) is 19.8 Å². The molecule has 0 fully saturated rings. The van der Waals surface area contributed by atoms with Gasteiger partial charge in [-0.05, 0) is 24.3 Å². The van der Waals surface area contributed by atoms with Crippen LogP contribution in [0.3, 0.4) is 0 Å². The minimum Gasteiger partial charge on any atom is -1.00 e. The minimum atomic E-state index is -0.775. The first-order valence-electron chi connectivity index (χ1n) is 7.53. The van der Waals surface area contributed by atoms with Crippen LogP contribution in [0.5, 0.6) is 11.5 Å². The molecule has 0 aliphatic rings. The largest absolute Gasteiger partial charge is 1.00 e. The molecule has 0 bridgehead atoms. The quantitative estimate of drug-likeness (QED) is 0.386. The van der Waals surface area contributed by atoms with Crippen molar-refractivity contribution in [1.29, 1.82) is 0 Å². The van der Waals surface area contributed by atoms with Crippen molar-refractivity contribution in [1.82, 2.24) is 0 Å². The van der Waals surface area contributed by atoms with Gasteiger partial charge in [0.05, 0.1) is 21.9 Å². The van der Waals surface area contributed by atoms with Crippen LogP contribution in [-0.2, 0) is 6.42 Å². The molecule has 126 valence electrons. The van der Waals surface area contributed by atoms with Crippen LogP contribution in [-0.4, -0.2) is 10.2 Å². The molecular formula is C19H13NaO6. The van der Waals surface area contributed by atoms with Gasteiger partial charge in [-0.25, -0.2) is 9.59 Å². The Morgan fingerprint density at radius 3 is 1.54 bits per heavy atom. The Labute approximate surface area is 170 Å². The summed E-state index contributed by atoms with van der Waals surface area (Å²) < 4.78 is 10.4. The average Bonchev–Trinajstić information content (AvgIpc) is 2.61. The van der Waals surface area contributed by atoms with E-state index in [-0.39, 0.29) is 71.2 Å². The Balaban J connectivity index is 0.00000131. The van der Waals surface area contributed by atoms with Crippen LogP contribution in [0.1, 0.15) is 12.6 Å². The average molecular weight is 360 g/mol. The summed E-state index contributed by atoms with van der Waals surface area (Å²) >= 11 is 0. The number of para-hydroxylation sites is 2. The van der Waals surface area contributed by atoms with Gasteiger partial charge in [-0.1, -0.05) is 24.3 Å². The van der Waals surface area contributed by atoms with Crippen LogP contribution < -0.4 is 40.8 Å². The molecular weight excluding hydrogens is 347 g/mol. The van der Waals surface area contributed by atoms with Crippen molar-refractivity contribution in [2.45, 2.75) is 6.42 Å². The van der Waals surface area contributed by atoms with Crippen molar-refractivity contribution in [2.24, 2.45) is 0 Å². The summed E-state index contributed by atoms with van der Waals surface area (Å²) in [5.74, 6) is -0.558.